The molecule has 0 spiro atoms. The zero-order valence-corrected chi connectivity index (χ0v) is 12.5. The molecule has 0 radical (unpaired) electrons. The van der Waals surface area contributed by atoms with Gasteiger partial charge in [0.2, 0.25) is 10.0 Å². The first-order valence-corrected chi connectivity index (χ1v) is 8.06. The van der Waals surface area contributed by atoms with Crippen LogP contribution in [0.25, 0.3) is 0 Å². The highest BCUT2D eigenvalue weighted by molar-refractivity contribution is 7.89. The highest BCUT2D eigenvalue weighted by Gasteiger charge is 2.34. The topological polar surface area (TPSA) is 63.4 Å². The minimum atomic E-state index is -4.66. The Labute approximate surface area is 125 Å². The molecule has 1 atom stereocenters. The van der Waals surface area contributed by atoms with Gasteiger partial charge in [-0.2, -0.15) is 17.5 Å². The molecule has 4 nitrogen and oxygen atoms in total. The van der Waals surface area contributed by atoms with Crippen LogP contribution in [0.5, 0.6) is 0 Å². The lowest BCUT2D eigenvalue weighted by atomic mass is 10.1. The molecule has 1 aliphatic heterocycles. The van der Waals surface area contributed by atoms with Gasteiger partial charge in [-0.1, -0.05) is 11.6 Å². The molecule has 1 fully saturated rings. The first kappa shape index (κ1) is 16.5. The molecule has 118 valence electrons. The second kappa shape index (κ2) is 5.75. The van der Waals surface area contributed by atoms with Crippen LogP contribution in [-0.4, -0.2) is 31.9 Å². The zero-order chi connectivity index (χ0) is 15.8. The first-order valence-electron chi connectivity index (χ1n) is 6.24. The highest BCUT2D eigenvalue weighted by Crippen LogP contribution is 2.34. The van der Waals surface area contributed by atoms with Crippen LogP contribution in [0.2, 0.25) is 5.02 Å². The van der Waals surface area contributed by atoms with E-state index in [1.165, 1.54) is 0 Å². The molecular formula is C12H14ClF3N2O2S. The van der Waals surface area contributed by atoms with Gasteiger partial charge < -0.3 is 5.73 Å². The quantitative estimate of drug-likeness (QED) is 0.898. The van der Waals surface area contributed by atoms with Gasteiger partial charge in [0, 0.05) is 24.2 Å². The van der Waals surface area contributed by atoms with Crippen LogP contribution in [0.4, 0.5) is 13.2 Å². The molecule has 1 aliphatic rings. The van der Waals surface area contributed by atoms with Crippen molar-refractivity contribution in [3.05, 3.63) is 28.8 Å². The molecule has 0 aromatic heterocycles. The van der Waals surface area contributed by atoms with Gasteiger partial charge in [-0.05, 0) is 31.0 Å². The second-order valence-corrected chi connectivity index (χ2v) is 7.31. The lowest BCUT2D eigenvalue weighted by Gasteiger charge is -2.30. The third kappa shape index (κ3) is 3.68. The average molecular weight is 343 g/mol. The molecule has 1 heterocycles. The largest absolute Gasteiger partial charge is 0.416 e. The van der Waals surface area contributed by atoms with E-state index in [0.29, 0.717) is 25.0 Å². The highest BCUT2D eigenvalue weighted by atomic mass is 35.5. The fourth-order valence-electron chi connectivity index (χ4n) is 2.22. The van der Waals surface area contributed by atoms with E-state index < -0.39 is 26.7 Å². The zero-order valence-electron chi connectivity index (χ0n) is 10.9. The number of alkyl halides is 3. The minimum absolute atomic E-state index is 0.0935. The molecule has 0 aliphatic carbocycles. The van der Waals surface area contributed by atoms with Crippen LogP contribution < -0.4 is 5.73 Å². The molecule has 2 N–H and O–H groups in total. The van der Waals surface area contributed by atoms with Crippen molar-refractivity contribution in [2.75, 3.05) is 13.1 Å². The van der Waals surface area contributed by atoms with E-state index in [-0.39, 0.29) is 24.2 Å². The van der Waals surface area contributed by atoms with Crippen LogP contribution in [0.1, 0.15) is 18.4 Å². The summed E-state index contributed by atoms with van der Waals surface area (Å²) in [5.41, 5.74) is 4.63. The predicted molar refractivity (Wildman–Crippen MR) is 72.4 cm³/mol. The standard InChI is InChI=1S/C12H14ClF3N2O2S/c13-9-4-8(12(14,15)16)5-11(6-9)21(19,20)18-3-1-2-10(17)7-18/h4-6,10H,1-3,7,17H2. The summed E-state index contributed by atoms with van der Waals surface area (Å²) in [7, 11) is -4.03. The van der Waals surface area contributed by atoms with E-state index in [9.17, 15) is 21.6 Å². The fraction of sp³-hybridized carbons (Fsp3) is 0.500. The summed E-state index contributed by atoms with van der Waals surface area (Å²) in [5, 5.41) is -0.273. The first-order chi connectivity index (χ1) is 9.60. The Morgan fingerprint density at radius 1 is 1.29 bits per heavy atom. The number of hydrogen-bond donors (Lipinski definition) is 1. The number of rotatable bonds is 2. The molecule has 1 unspecified atom stereocenters. The molecule has 9 heteroatoms. The van der Waals surface area contributed by atoms with Crippen molar-refractivity contribution in [1.29, 1.82) is 0 Å². The molecule has 21 heavy (non-hydrogen) atoms. The van der Waals surface area contributed by atoms with Gasteiger partial charge in [0.15, 0.2) is 0 Å². The molecule has 0 saturated carbocycles. The second-order valence-electron chi connectivity index (χ2n) is 4.94. The minimum Gasteiger partial charge on any atom is -0.327 e. The van der Waals surface area contributed by atoms with Crippen LogP contribution >= 0.6 is 11.6 Å². The molecule has 1 aromatic rings. The van der Waals surface area contributed by atoms with E-state index in [4.69, 9.17) is 17.3 Å². The van der Waals surface area contributed by atoms with Gasteiger partial charge in [0.1, 0.15) is 0 Å². The predicted octanol–water partition coefficient (Wildman–Crippen LogP) is 2.47. The molecule has 1 aromatic carbocycles. The van der Waals surface area contributed by atoms with Crippen LogP contribution in [0.15, 0.2) is 23.1 Å². The van der Waals surface area contributed by atoms with E-state index in [2.05, 4.69) is 0 Å². The van der Waals surface area contributed by atoms with Gasteiger partial charge in [-0.15, -0.1) is 0 Å². The van der Waals surface area contributed by atoms with Gasteiger partial charge in [-0.3, -0.25) is 0 Å². The van der Waals surface area contributed by atoms with Crippen molar-refractivity contribution in [2.45, 2.75) is 30.0 Å². The Morgan fingerprint density at radius 2 is 1.95 bits per heavy atom. The number of nitrogens with two attached hydrogens (primary N) is 1. The Hall–Kier alpha value is -0.830. The average Bonchev–Trinajstić information content (AvgIpc) is 2.37. The van der Waals surface area contributed by atoms with E-state index in [1.54, 1.807) is 0 Å². The van der Waals surface area contributed by atoms with Gasteiger partial charge in [0.05, 0.1) is 10.5 Å². The van der Waals surface area contributed by atoms with Crippen LogP contribution in [-0.2, 0) is 16.2 Å². The van der Waals surface area contributed by atoms with Crippen molar-refractivity contribution in [3.63, 3.8) is 0 Å². The monoisotopic (exact) mass is 342 g/mol. The van der Waals surface area contributed by atoms with Crippen molar-refractivity contribution in [3.8, 4) is 0 Å². The number of halogens is 4. The summed E-state index contributed by atoms with van der Waals surface area (Å²) >= 11 is 5.62. The summed E-state index contributed by atoms with van der Waals surface area (Å²) in [6.45, 7) is 0.333. The van der Waals surface area contributed by atoms with Crippen LogP contribution in [0, 0.1) is 0 Å². The Balaban J connectivity index is 2.42. The van der Waals surface area contributed by atoms with E-state index in [1.807, 2.05) is 0 Å². The lowest BCUT2D eigenvalue weighted by Crippen LogP contribution is -2.45. The SMILES string of the molecule is NC1CCCN(S(=O)(=O)c2cc(Cl)cc(C(F)(F)F)c2)C1. The number of benzene rings is 1. The maximum Gasteiger partial charge on any atom is 0.416 e. The Kier molecular flexibility index (Phi) is 4.53. The summed E-state index contributed by atoms with van der Waals surface area (Å²) in [6, 6.07) is 2.01. The number of hydrogen-bond acceptors (Lipinski definition) is 3. The summed E-state index contributed by atoms with van der Waals surface area (Å²) in [6.07, 6.45) is -3.39. The number of piperidine rings is 1. The van der Waals surface area contributed by atoms with Crippen molar-refractivity contribution in [1.82, 2.24) is 4.31 Å². The Morgan fingerprint density at radius 3 is 2.52 bits per heavy atom. The molecule has 2 rings (SSSR count). The number of nitrogens with zero attached hydrogens (tertiary/aromatic N) is 1. The normalized spacial score (nSPS) is 21.5. The Bertz CT molecular complexity index is 634. The van der Waals surface area contributed by atoms with Gasteiger partial charge >= 0.3 is 6.18 Å². The van der Waals surface area contributed by atoms with Crippen LogP contribution in [0.3, 0.4) is 0 Å². The maximum atomic E-state index is 12.8. The summed E-state index contributed by atoms with van der Waals surface area (Å²) in [5.74, 6) is 0. The molecule has 1 saturated heterocycles. The lowest BCUT2D eigenvalue weighted by molar-refractivity contribution is -0.137. The molecular weight excluding hydrogens is 329 g/mol. The maximum absolute atomic E-state index is 12.8. The van der Waals surface area contributed by atoms with Gasteiger partial charge in [0.25, 0.3) is 0 Å². The van der Waals surface area contributed by atoms with E-state index in [0.717, 1.165) is 10.4 Å². The van der Waals surface area contributed by atoms with Crippen molar-refractivity contribution < 1.29 is 21.6 Å². The third-order valence-corrected chi connectivity index (χ3v) is 5.32. The smallest absolute Gasteiger partial charge is 0.327 e. The molecule has 0 bridgehead atoms. The van der Waals surface area contributed by atoms with E-state index >= 15 is 0 Å². The number of sulfonamides is 1. The fourth-order valence-corrected chi connectivity index (χ4v) is 4.12. The molecule has 0 amide bonds. The summed E-state index contributed by atoms with van der Waals surface area (Å²) in [4.78, 5) is -0.462. The van der Waals surface area contributed by atoms with Crippen molar-refractivity contribution >= 4 is 21.6 Å². The van der Waals surface area contributed by atoms with Crippen molar-refractivity contribution in [2.24, 2.45) is 5.73 Å². The van der Waals surface area contributed by atoms with Gasteiger partial charge in [-0.25, -0.2) is 8.42 Å². The third-order valence-electron chi connectivity index (χ3n) is 3.26. The summed E-state index contributed by atoms with van der Waals surface area (Å²) < 4.78 is 64.2.